The molecule has 0 aliphatic rings. The average molecular weight is 375 g/mol. The van der Waals surface area contributed by atoms with Crippen molar-refractivity contribution in [1.82, 2.24) is 15.5 Å². The number of fused-ring (bicyclic) bond motifs is 1. The Labute approximate surface area is 160 Å². The molecule has 3 aromatic carbocycles. The minimum Gasteiger partial charge on any atom is -0.394 e. The van der Waals surface area contributed by atoms with E-state index in [9.17, 15) is 14.3 Å². The number of aromatic nitrogens is 2. The fraction of sp³-hybridized carbons (Fsp3) is 0.0909. The van der Waals surface area contributed by atoms with Gasteiger partial charge in [-0.05, 0) is 53.1 Å². The minimum absolute atomic E-state index is 0.327. The number of benzene rings is 3. The molecule has 1 atom stereocenters. The fourth-order valence-corrected chi connectivity index (χ4v) is 3.16. The van der Waals surface area contributed by atoms with Crippen LogP contribution in [0, 0.1) is 5.82 Å². The molecule has 4 aromatic rings. The van der Waals surface area contributed by atoms with Crippen LogP contribution in [0.1, 0.15) is 22.0 Å². The molecule has 140 valence electrons. The first kappa shape index (κ1) is 17.9. The topological polar surface area (TPSA) is 78.0 Å². The van der Waals surface area contributed by atoms with E-state index >= 15 is 0 Å². The van der Waals surface area contributed by atoms with Crippen molar-refractivity contribution in [1.29, 1.82) is 0 Å². The summed E-state index contributed by atoms with van der Waals surface area (Å²) >= 11 is 0. The zero-order chi connectivity index (χ0) is 19.5. The Bertz CT molecular complexity index is 1140. The van der Waals surface area contributed by atoms with Crippen LogP contribution in [0.15, 0.2) is 72.9 Å². The summed E-state index contributed by atoms with van der Waals surface area (Å²) in [6, 6.07) is 18.3. The third kappa shape index (κ3) is 3.63. The largest absolute Gasteiger partial charge is 0.394 e. The van der Waals surface area contributed by atoms with Gasteiger partial charge in [0.05, 0.1) is 24.4 Å². The van der Waals surface area contributed by atoms with Crippen LogP contribution in [0.25, 0.3) is 22.0 Å². The Morgan fingerprint density at radius 3 is 2.71 bits per heavy atom. The van der Waals surface area contributed by atoms with E-state index in [1.807, 2.05) is 24.3 Å². The zero-order valence-corrected chi connectivity index (χ0v) is 14.9. The molecule has 0 radical (unpaired) electrons. The number of halogens is 1. The lowest BCUT2D eigenvalue weighted by molar-refractivity contribution is 0.0916. The van der Waals surface area contributed by atoms with Crippen LogP contribution < -0.4 is 5.32 Å². The third-order valence-corrected chi connectivity index (χ3v) is 4.64. The number of hydrogen-bond donors (Lipinski definition) is 3. The normalized spacial score (nSPS) is 12.1. The standard InChI is InChI=1S/C22H18FN3O2/c23-19-6-2-4-16(11-19)21(13-27)25-22(28)17-5-1-3-14(9-17)15-7-8-20-18(10-15)12-24-26-20/h1-12,21,27H,13H2,(H,24,26)(H,25,28). The first-order valence-corrected chi connectivity index (χ1v) is 8.85. The summed E-state index contributed by atoms with van der Waals surface area (Å²) in [7, 11) is 0. The highest BCUT2D eigenvalue weighted by Crippen LogP contribution is 2.24. The first-order chi connectivity index (χ1) is 13.6. The molecule has 6 heteroatoms. The molecule has 0 aliphatic heterocycles. The molecule has 0 aliphatic carbocycles. The Balaban J connectivity index is 1.58. The van der Waals surface area contributed by atoms with Gasteiger partial charge in [-0.2, -0.15) is 5.10 Å². The summed E-state index contributed by atoms with van der Waals surface area (Å²) in [5.74, 6) is -0.753. The lowest BCUT2D eigenvalue weighted by Gasteiger charge is -2.17. The molecule has 3 N–H and O–H groups in total. The molecule has 0 saturated heterocycles. The van der Waals surface area contributed by atoms with Crippen molar-refractivity contribution >= 4 is 16.8 Å². The molecule has 4 rings (SSSR count). The van der Waals surface area contributed by atoms with Crippen LogP contribution >= 0.6 is 0 Å². The number of H-pyrrole nitrogens is 1. The van der Waals surface area contributed by atoms with Gasteiger partial charge in [0, 0.05) is 10.9 Å². The van der Waals surface area contributed by atoms with Gasteiger partial charge in [-0.3, -0.25) is 9.89 Å². The second-order valence-electron chi connectivity index (χ2n) is 6.52. The van der Waals surface area contributed by atoms with Gasteiger partial charge in [-0.1, -0.05) is 30.3 Å². The highest BCUT2D eigenvalue weighted by Gasteiger charge is 2.16. The van der Waals surface area contributed by atoms with Crippen molar-refractivity contribution in [3.05, 3.63) is 89.9 Å². The van der Waals surface area contributed by atoms with E-state index in [-0.39, 0.29) is 12.5 Å². The van der Waals surface area contributed by atoms with Gasteiger partial charge >= 0.3 is 0 Å². The van der Waals surface area contributed by atoms with Crippen LogP contribution in [-0.4, -0.2) is 27.8 Å². The summed E-state index contributed by atoms with van der Waals surface area (Å²) in [4.78, 5) is 12.7. The smallest absolute Gasteiger partial charge is 0.251 e. The van der Waals surface area contributed by atoms with Gasteiger partial charge in [-0.25, -0.2) is 4.39 Å². The van der Waals surface area contributed by atoms with Crippen LogP contribution in [0.2, 0.25) is 0 Å². The van der Waals surface area contributed by atoms with E-state index in [0.29, 0.717) is 11.1 Å². The van der Waals surface area contributed by atoms with Gasteiger partial charge in [-0.15, -0.1) is 0 Å². The van der Waals surface area contributed by atoms with E-state index in [0.717, 1.165) is 22.0 Å². The lowest BCUT2D eigenvalue weighted by Crippen LogP contribution is -2.30. The molecule has 1 amide bonds. The predicted molar refractivity (Wildman–Crippen MR) is 105 cm³/mol. The first-order valence-electron chi connectivity index (χ1n) is 8.85. The van der Waals surface area contributed by atoms with Gasteiger partial charge in [0.1, 0.15) is 5.82 Å². The zero-order valence-electron chi connectivity index (χ0n) is 14.9. The maximum atomic E-state index is 13.5. The van der Waals surface area contributed by atoms with E-state index in [1.165, 1.54) is 12.1 Å². The summed E-state index contributed by atoms with van der Waals surface area (Å²) in [6.45, 7) is -0.327. The van der Waals surface area contributed by atoms with Crippen LogP contribution in [0.4, 0.5) is 4.39 Å². The number of hydrogen-bond acceptors (Lipinski definition) is 3. The molecule has 1 unspecified atom stereocenters. The molecule has 0 saturated carbocycles. The number of rotatable bonds is 5. The van der Waals surface area contributed by atoms with Crippen molar-refractivity contribution in [2.45, 2.75) is 6.04 Å². The van der Waals surface area contributed by atoms with Crippen molar-refractivity contribution in [2.24, 2.45) is 0 Å². The van der Waals surface area contributed by atoms with Crippen molar-refractivity contribution in [2.75, 3.05) is 6.61 Å². The maximum absolute atomic E-state index is 13.5. The number of aliphatic hydroxyl groups is 1. The molecule has 28 heavy (non-hydrogen) atoms. The molecule has 1 aromatic heterocycles. The van der Waals surface area contributed by atoms with Gasteiger partial charge < -0.3 is 10.4 Å². The number of aromatic amines is 1. The van der Waals surface area contributed by atoms with E-state index < -0.39 is 11.9 Å². The number of carbonyl (C=O) groups excluding carboxylic acids is 1. The Kier molecular flexibility index (Phi) is 4.87. The second kappa shape index (κ2) is 7.62. The van der Waals surface area contributed by atoms with Crippen LogP contribution in [-0.2, 0) is 0 Å². The van der Waals surface area contributed by atoms with Gasteiger partial charge in [0.25, 0.3) is 5.91 Å². The molecular formula is C22H18FN3O2. The Morgan fingerprint density at radius 2 is 1.89 bits per heavy atom. The number of carbonyl (C=O) groups is 1. The number of nitrogens with zero attached hydrogens (tertiary/aromatic N) is 1. The molecule has 0 spiro atoms. The average Bonchev–Trinajstić information content (AvgIpc) is 3.20. The van der Waals surface area contributed by atoms with Crippen molar-refractivity contribution in [3.63, 3.8) is 0 Å². The van der Waals surface area contributed by atoms with Crippen molar-refractivity contribution < 1.29 is 14.3 Å². The maximum Gasteiger partial charge on any atom is 0.251 e. The van der Waals surface area contributed by atoms with E-state index in [2.05, 4.69) is 15.5 Å². The minimum atomic E-state index is -0.686. The number of amides is 1. The summed E-state index contributed by atoms with van der Waals surface area (Å²) in [5.41, 5.74) is 3.77. The molecule has 0 fully saturated rings. The summed E-state index contributed by atoms with van der Waals surface area (Å²) < 4.78 is 13.5. The SMILES string of the molecule is O=C(NC(CO)c1cccc(F)c1)c1cccc(-c2ccc3[nH]ncc3c2)c1. The fourth-order valence-electron chi connectivity index (χ4n) is 3.16. The Hall–Kier alpha value is -3.51. The van der Waals surface area contributed by atoms with E-state index in [4.69, 9.17) is 0 Å². The van der Waals surface area contributed by atoms with E-state index in [1.54, 1.807) is 36.5 Å². The molecule has 0 bridgehead atoms. The monoisotopic (exact) mass is 375 g/mol. The van der Waals surface area contributed by atoms with Crippen LogP contribution in [0.5, 0.6) is 0 Å². The lowest BCUT2D eigenvalue weighted by atomic mass is 10.0. The third-order valence-electron chi connectivity index (χ3n) is 4.64. The number of aliphatic hydroxyl groups excluding tert-OH is 1. The highest BCUT2D eigenvalue weighted by atomic mass is 19.1. The summed E-state index contributed by atoms with van der Waals surface area (Å²) in [5, 5.41) is 20.3. The Morgan fingerprint density at radius 1 is 1.07 bits per heavy atom. The van der Waals surface area contributed by atoms with Gasteiger partial charge in [0.15, 0.2) is 0 Å². The quantitative estimate of drug-likeness (QED) is 0.496. The molecular weight excluding hydrogens is 357 g/mol. The highest BCUT2D eigenvalue weighted by molar-refractivity contribution is 5.96. The summed E-state index contributed by atoms with van der Waals surface area (Å²) in [6.07, 6.45) is 1.75. The van der Waals surface area contributed by atoms with Crippen molar-refractivity contribution in [3.8, 4) is 11.1 Å². The molecule has 1 heterocycles. The van der Waals surface area contributed by atoms with Gasteiger partial charge in [0.2, 0.25) is 0 Å². The predicted octanol–water partition coefficient (Wildman–Crippen LogP) is 3.83. The van der Waals surface area contributed by atoms with Crippen LogP contribution in [0.3, 0.4) is 0 Å². The molecule has 5 nitrogen and oxygen atoms in total. The number of nitrogens with one attached hydrogen (secondary N) is 2. The second-order valence-corrected chi connectivity index (χ2v) is 6.52.